The van der Waals surface area contributed by atoms with Gasteiger partial charge < -0.3 is 14.2 Å². The van der Waals surface area contributed by atoms with E-state index in [1.54, 1.807) is 38.1 Å². The number of aryl methyl sites for hydroxylation is 2. The molecule has 1 saturated heterocycles. The van der Waals surface area contributed by atoms with Crippen molar-refractivity contribution in [2.24, 2.45) is 0 Å². The largest absolute Gasteiger partial charge is 0.497 e. The van der Waals surface area contributed by atoms with E-state index in [-0.39, 0.29) is 22.9 Å². The Kier molecular flexibility index (Phi) is 7.78. The third-order valence-electron chi connectivity index (χ3n) is 5.03. The molecule has 0 aliphatic carbocycles. The molecule has 0 spiro atoms. The molecule has 0 radical (unpaired) electrons. The van der Waals surface area contributed by atoms with Crippen molar-refractivity contribution in [1.29, 1.82) is 0 Å². The summed E-state index contributed by atoms with van der Waals surface area (Å²) in [5.41, 5.74) is 1.18. The summed E-state index contributed by atoms with van der Waals surface area (Å²) in [4.78, 5) is 0.397. The van der Waals surface area contributed by atoms with Crippen LogP contribution in [-0.4, -0.2) is 67.7 Å². The molecule has 2 aromatic rings. The van der Waals surface area contributed by atoms with Gasteiger partial charge >= 0.3 is 0 Å². The van der Waals surface area contributed by atoms with Crippen LogP contribution >= 0.6 is 0 Å². The lowest BCUT2D eigenvalue weighted by Crippen LogP contribution is -2.40. The lowest BCUT2D eigenvalue weighted by Gasteiger charge is -2.26. The Morgan fingerprint density at radius 2 is 1.56 bits per heavy atom. The third-order valence-corrected chi connectivity index (χ3v) is 8.71. The number of sulfonamides is 2. The zero-order chi connectivity index (χ0) is 23.4. The van der Waals surface area contributed by atoms with E-state index in [2.05, 4.69) is 4.72 Å². The van der Waals surface area contributed by atoms with Crippen molar-refractivity contribution < 1.29 is 31.0 Å². The molecule has 0 aromatic heterocycles. The minimum absolute atomic E-state index is 0.0566. The average Bonchev–Trinajstić information content (AvgIpc) is 2.77. The smallest absolute Gasteiger partial charge is 0.243 e. The molecule has 32 heavy (non-hydrogen) atoms. The second kappa shape index (κ2) is 10.2. The predicted molar refractivity (Wildman–Crippen MR) is 119 cm³/mol. The molecule has 3 rings (SSSR count). The van der Waals surface area contributed by atoms with Crippen LogP contribution in [0.15, 0.2) is 46.2 Å². The van der Waals surface area contributed by atoms with E-state index in [4.69, 9.17) is 14.2 Å². The van der Waals surface area contributed by atoms with Crippen molar-refractivity contribution >= 4 is 20.0 Å². The van der Waals surface area contributed by atoms with Crippen LogP contribution in [0.4, 0.5) is 0 Å². The Bertz CT molecular complexity index is 1120. The monoisotopic (exact) mass is 484 g/mol. The van der Waals surface area contributed by atoms with Crippen molar-refractivity contribution in [2.45, 2.75) is 23.6 Å². The van der Waals surface area contributed by atoms with Crippen molar-refractivity contribution in [2.75, 3.05) is 46.6 Å². The lowest BCUT2D eigenvalue weighted by molar-refractivity contribution is 0.0730. The normalized spacial score (nSPS) is 15.5. The minimum atomic E-state index is -3.72. The van der Waals surface area contributed by atoms with Gasteiger partial charge in [-0.3, -0.25) is 0 Å². The summed E-state index contributed by atoms with van der Waals surface area (Å²) in [6.45, 7) is 4.99. The Morgan fingerprint density at radius 3 is 2.12 bits per heavy atom. The summed E-state index contributed by atoms with van der Waals surface area (Å²) in [5, 5.41) is 0. The van der Waals surface area contributed by atoms with Gasteiger partial charge in [-0.15, -0.1) is 0 Å². The Hall–Kier alpha value is -2.18. The number of nitrogens with one attached hydrogen (secondary N) is 1. The molecule has 1 aliphatic heterocycles. The van der Waals surface area contributed by atoms with Gasteiger partial charge in [-0.1, -0.05) is 0 Å². The van der Waals surface area contributed by atoms with Crippen LogP contribution in [0.5, 0.6) is 11.5 Å². The van der Waals surface area contributed by atoms with E-state index in [1.165, 1.54) is 23.5 Å². The SMILES string of the molecule is COc1cc(C)c(S(=O)(=O)NCCOc2ccc(S(=O)(=O)N3CCOCC3)cc2)c(C)c1. The van der Waals surface area contributed by atoms with Gasteiger partial charge in [-0.2, -0.15) is 4.31 Å². The molecule has 0 atom stereocenters. The van der Waals surface area contributed by atoms with E-state index < -0.39 is 20.0 Å². The summed E-state index contributed by atoms with van der Waals surface area (Å²) >= 11 is 0. The molecule has 0 unspecified atom stereocenters. The molecule has 2 aromatic carbocycles. The first-order valence-corrected chi connectivity index (χ1v) is 13.0. The predicted octanol–water partition coefficient (Wildman–Crippen LogP) is 1.69. The molecule has 9 nitrogen and oxygen atoms in total. The van der Waals surface area contributed by atoms with Crippen LogP contribution in [0.1, 0.15) is 11.1 Å². The summed E-state index contributed by atoms with van der Waals surface area (Å²) < 4.78 is 70.6. The van der Waals surface area contributed by atoms with Crippen LogP contribution in [0.2, 0.25) is 0 Å². The number of nitrogens with zero attached hydrogens (tertiary/aromatic N) is 1. The second-order valence-corrected chi connectivity index (χ2v) is 11.0. The molecule has 0 saturated carbocycles. The van der Waals surface area contributed by atoms with E-state index in [0.717, 1.165) is 0 Å². The number of benzene rings is 2. The van der Waals surface area contributed by atoms with Gasteiger partial charge in [0.25, 0.3) is 0 Å². The quantitative estimate of drug-likeness (QED) is 0.539. The summed E-state index contributed by atoms with van der Waals surface area (Å²) in [5.74, 6) is 1.04. The molecular formula is C21H28N2O7S2. The Labute approximate surface area is 189 Å². The Balaban J connectivity index is 1.57. The standard InChI is InChI=1S/C21H28N2O7S2/c1-16-14-19(28-3)15-17(2)21(16)31(24,25)22-8-11-30-18-4-6-20(7-5-18)32(26,27)23-9-12-29-13-10-23/h4-7,14-15,22H,8-13H2,1-3H3. The maximum absolute atomic E-state index is 12.7. The van der Waals surface area contributed by atoms with Gasteiger partial charge in [-0.05, 0) is 61.4 Å². The van der Waals surface area contributed by atoms with E-state index in [0.29, 0.717) is 48.9 Å². The fraction of sp³-hybridized carbons (Fsp3) is 0.429. The number of ether oxygens (including phenoxy) is 3. The second-order valence-electron chi connectivity index (χ2n) is 7.32. The number of hydrogen-bond donors (Lipinski definition) is 1. The molecule has 0 bridgehead atoms. The van der Waals surface area contributed by atoms with E-state index >= 15 is 0 Å². The van der Waals surface area contributed by atoms with E-state index in [1.807, 2.05) is 0 Å². The zero-order valence-electron chi connectivity index (χ0n) is 18.3. The van der Waals surface area contributed by atoms with Crippen molar-refractivity contribution in [3.8, 4) is 11.5 Å². The molecule has 1 fully saturated rings. The first-order valence-electron chi connectivity index (χ1n) is 10.1. The highest BCUT2D eigenvalue weighted by Gasteiger charge is 2.26. The molecule has 1 N–H and O–H groups in total. The first-order chi connectivity index (χ1) is 15.1. The van der Waals surface area contributed by atoms with Crippen molar-refractivity contribution in [3.05, 3.63) is 47.5 Å². The highest BCUT2D eigenvalue weighted by Crippen LogP contribution is 2.25. The van der Waals surface area contributed by atoms with Crippen molar-refractivity contribution in [1.82, 2.24) is 9.03 Å². The molecule has 1 heterocycles. The highest BCUT2D eigenvalue weighted by atomic mass is 32.2. The minimum Gasteiger partial charge on any atom is -0.497 e. The maximum Gasteiger partial charge on any atom is 0.243 e. The fourth-order valence-electron chi connectivity index (χ4n) is 3.51. The number of rotatable bonds is 9. The summed E-state index contributed by atoms with van der Waals surface area (Å²) in [6.07, 6.45) is 0. The molecule has 11 heteroatoms. The maximum atomic E-state index is 12.7. The van der Waals surface area contributed by atoms with Crippen LogP contribution in [0, 0.1) is 13.8 Å². The van der Waals surface area contributed by atoms with Crippen LogP contribution < -0.4 is 14.2 Å². The van der Waals surface area contributed by atoms with Crippen LogP contribution in [0.3, 0.4) is 0 Å². The number of morpholine rings is 1. The summed E-state index contributed by atoms with van der Waals surface area (Å²) in [7, 11) is -5.76. The van der Waals surface area contributed by atoms with Gasteiger partial charge in [-0.25, -0.2) is 21.6 Å². The topological polar surface area (TPSA) is 111 Å². The molecule has 1 aliphatic rings. The Morgan fingerprint density at radius 1 is 0.969 bits per heavy atom. The van der Waals surface area contributed by atoms with Gasteiger partial charge in [0.1, 0.15) is 18.1 Å². The van der Waals surface area contributed by atoms with Crippen molar-refractivity contribution in [3.63, 3.8) is 0 Å². The fourth-order valence-corrected chi connectivity index (χ4v) is 6.38. The highest BCUT2D eigenvalue weighted by molar-refractivity contribution is 7.89. The van der Waals surface area contributed by atoms with Crippen LogP contribution in [0.25, 0.3) is 0 Å². The molecular weight excluding hydrogens is 456 g/mol. The van der Waals surface area contributed by atoms with Gasteiger partial charge in [0.05, 0.1) is 30.1 Å². The molecule has 176 valence electrons. The van der Waals surface area contributed by atoms with Crippen LogP contribution in [-0.2, 0) is 24.8 Å². The number of hydrogen-bond acceptors (Lipinski definition) is 7. The summed E-state index contributed by atoms with van der Waals surface area (Å²) in [6, 6.07) is 9.41. The van der Waals surface area contributed by atoms with Gasteiger partial charge in [0, 0.05) is 19.6 Å². The van der Waals surface area contributed by atoms with E-state index in [9.17, 15) is 16.8 Å². The average molecular weight is 485 g/mol. The van der Waals surface area contributed by atoms with Gasteiger partial charge in [0.15, 0.2) is 0 Å². The first kappa shape index (κ1) is 24.5. The zero-order valence-corrected chi connectivity index (χ0v) is 20.0. The lowest BCUT2D eigenvalue weighted by atomic mass is 10.1. The molecule has 0 amide bonds. The van der Waals surface area contributed by atoms with Gasteiger partial charge in [0.2, 0.25) is 20.0 Å². The third kappa shape index (κ3) is 5.59. The number of methoxy groups -OCH3 is 1.